The summed E-state index contributed by atoms with van der Waals surface area (Å²) in [5.41, 5.74) is 0.125. The Bertz CT molecular complexity index is 979. The van der Waals surface area contributed by atoms with Crippen molar-refractivity contribution in [2.75, 3.05) is 33.3 Å². The normalized spacial score (nSPS) is 12.3. The van der Waals surface area contributed by atoms with E-state index in [1.54, 1.807) is 25.1 Å². The molecule has 11 heteroatoms. The Morgan fingerprint density at radius 2 is 1.79 bits per heavy atom. The Morgan fingerprint density at radius 3 is 2.38 bits per heavy atom. The first kappa shape index (κ1) is 22.4. The van der Waals surface area contributed by atoms with Crippen molar-refractivity contribution in [2.45, 2.75) is 17.9 Å². The Morgan fingerprint density at radius 1 is 1.07 bits per heavy atom. The van der Waals surface area contributed by atoms with Crippen LogP contribution in [0.25, 0.3) is 0 Å². The van der Waals surface area contributed by atoms with E-state index < -0.39 is 26.7 Å². The van der Waals surface area contributed by atoms with E-state index >= 15 is 0 Å². The number of nitro benzene ring substituents is 1. The third kappa shape index (κ3) is 5.56. The minimum atomic E-state index is -3.96. The topological polar surface area (TPSA) is 129 Å². The zero-order chi connectivity index (χ0) is 21.6. The molecule has 0 radical (unpaired) electrons. The average molecular weight is 425 g/mol. The van der Waals surface area contributed by atoms with Crippen molar-refractivity contribution in [3.8, 4) is 11.5 Å². The van der Waals surface area contributed by atoms with Crippen LogP contribution in [-0.2, 0) is 14.8 Å². The lowest BCUT2D eigenvalue weighted by molar-refractivity contribution is -0.384. The van der Waals surface area contributed by atoms with Gasteiger partial charge in [0, 0.05) is 25.3 Å². The van der Waals surface area contributed by atoms with Crippen molar-refractivity contribution in [1.82, 2.24) is 4.72 Å². The largest absolute Gasteiger partial charge is 0.497 e. The lowest BCUT2D eigenvalue weighted by atomic mass is 10.2. The summed E-state index contributed by atoms with van der Waals surface area (Å²) in [5, 5.41) is 14.5. The quantitative estimate of drug-likeness (QED) is 0.439. The van der Waals surface area contributed by atoms with Crippen molar-refractivity contribution in [2.24, 2.45) is 0 Å². The fraction of sp³-hybridized carbons (Fsp3) is 0.333. The van der Waals surface area contributed by atoms with Crippen molar-refractivity contribution in [3.63, 3.8) is 0 Å². The molecule has 2 aromatic rings. The first-order chi connectivity index (χ1) is 13.7. The van der Waals surface area contributed by atoms with E-state index in [0.29, 0.717) is 17.2 Å². The minimum Gasteiger partial charge on any atom is -0.497 e. The highest BCUT2D eigenvalue weighted by Gasteiger charge is 2.23. The SMILES string of the molecule is COC[C@@H](C)NS(=O)(=O)c1ccc(Nc2cc(OC)ccc2OC)c([N+](=O)[O-])c1. The summed E-state index contributed by atoms with van der Waals surface area (Å²) in [5.74, 6) is 0.957. The van der Waals surface area contributed by atoms with Crippen molar-refractivity contribution in [3.05, 3.63) is 46.5 Å². The Kier molecular flexibility index (Phi) is 7.37. The molecule has 0 fully saturated rings. The smallest absolute Gasteiger partial charge is 0.294 e. The van der Waals surface area contributed by atoms with Gasteiger partial charge >= 0.3 is 0 Å². The fourth-order valence-corrected chi connectivity index (χ4v) is 3.86. The monoisotopic (exact) mass is 425 g/mol. The van der Waals surface area contributed by atoms with Crippen LogP contribution in [-0.4, -0.2) is 47.3 Å². The van der Waals surface area contributed by atoms with Gasteiger partial charge in [0.15, 0.2) is 0 Å². The predicted octanol–water partition coefficient (Wildman–Crippen LogP) is 2.67. The van der Waals surface area contributed by atoms with E-state index in [-0.39, 0.29) is 17.2 Å². The minimum absolute atomic E-state index is 0.102. The molecule has 158 valence electrons. The zero-order valence-corrected chi connectivity index (χ0v) is 17.3. The van der Waals surface area contributed by atoms with Gasteiger partial charge in [-0.15, -0.1) is 0 Å². The molecule has 10 nitrogen and oxygen atoms in total. The van der Waals surface area contributed by atoms with Crippen LogP contribution in [0.15, 0.2) is 41.3 Å². The number of methoxy groups -OCH3 is 3. The lowest BCUT2D eigenvalue weighted by Gasteiger charge is -2.15. The fourth-order valence-electron chi connectivity index (χ4n) is 2.61. The van der Waals surface area contributed by atoms with Crippen LogP contribution >= 0.6 is 0 Å². The molecule has 0 spiro atoms. The molecule has 0 saturated carbocycles. The van der Waals surface area contributed by atoms with Crippen molar-refractivity contribution in [1.29, 1.82) is 0 Å². The molecule has 2 aromatic carbocycles. The lowest BCUT2D eigenvalue weighted by Crippen LogP contribution is -2.35. The summed E-state index contributed by atoms with van der Waals surface area (Å²) in [7, 11) is 0.443. The Balaban J connectivity index is 2.42. The van der Waals surface area contributed by atoms with E-state index in [0.717, 1.165) is 6.07 Å². The Hall–Kier alpha value is -2.89. The Labute approximate surface area is 169 Å². The van der Waals surface area contributed by atoms with Crippen LogP contribution < -0.4 is 19.5 Å². The second kappa shape index (κ2) is 9.54. The standard InChI is InChI=1S/C18H23N3O7S/c1-12(11-26-2)20-29(24,25)14-6-7-15(17(10-14)21(22)23)19-16-9-13(27-3)5-8-18(16)28-4/h5-10,12,19-20H,11H2,1-4H3/t12-/m1/s1. The van der Waals surface area contributed by atoms with Gasteiger partial charge in [-0.3, -0.25) is 10.1 Å². The molecule has 2 rings (SSSR count). The zero-order valence-electron chi connectivity index (χ0n) is 16.5. The predicted molar refractivity (Wildman–Crippen MR) is 108 cm³/mol. The van der Waals surface area contributed by atoms with Crippen LogP contribution in [0.2, 0.25) is 0 Å². The molecular formula is C18H23N3O7S. The molecule has 29 heavy (non-hydrogen) atoms. The molecule has 0 saturated heterocycles. The molecule has 0 aliphatic heterocycles. The van der Waals surface area contributed by atoms with Gasteiger partial charge in [0.05, 0.1) is 36.3 Å². The molecule has 0 bridgehead atoms. The van der Waals surface area contributed by atoms with E-state index in [9.17, 15) is 18.5 Å². The highest BCUT2D eigenvalue weighted by Crippen LogP contribution is 2.35. The number of ether oxygens (including phenoxy) is 3. The number of nitrogens with zero attached hydrogens (tertiary/aromatic N) is 1. The molecule has 0 aliphatic carbocycles. The third-order valence-electron chi connectivity index (χ3n) is 3.93. The second-order valence-corrected chi connectivity index (χ2v) is 7.82. The average Bonchev–Trinajstić information content (AvgIpc) is 2.67. The number of hydrogen-bond donors (Lipinski definition) is 2. The molecular weight excluding hydrogens is 402 g/mol. The second-order valence-electron chi connectivity index (χ2n) is 6.10. The summed E-state index contributed by atoms with van der Waals surface area (Å²) in [4.78, 5) is 10.7. The van der Waals surface area contributed by atoms with Crippen LogP contribution in [0, 0.1) is 10.1 Å². The van der Waals surface area contributed by atoms with Crippen LogP contribution in [0.5, 0.6) is 11.5 Å². The molecule has 0 aliphatic rings. The van der Waals surface area contributed by atoms with Crippen molar-refractivity contribution < 1.29 is 27.6 Å². The maximum absolute atomic E-state index is 12.5. The van der Waals surface area contributed by atoms with Crippen molar-refractivity contribution >= 4 is 27.1 Å². The third-order valence-corrected chi connectivity index (χ3v) is 5.51. The summed E-state index contributed by atoms with van der Waals surface area (Å²) in [6.07, 6.45) is 0. The van der Waals surface area contributed by atoms with Crippen LogP contribution in [0.3, 0.4) is 0 Å². The summed E-state index contributed by atoms with van der Waals surface area (Å²) in [6.45, 7) is 1.79. The molecule has 0 aromatic heterocycles. The van der Waals surface area contributed by atoms with E-state index in [2.05, 4.69) is 10.0 Å². The van der Waals surface area contributed by atoms with Crippen LogP contribution in [0.1, 0.15) is 6.92 Å². The highest BCUT2D eigenvalue weighted by molar-refractivity contribution is 7.89. The summed E-state index contributed by atoms with van der Waals surface area (Å²) < 4.78 is 42.7. The van der Waals surface area contributed by atoms with E-state index in [1.165, 1.54) is 33.5 Å². The van der Waals surface area contributed by atoms with Gasteiger partial charge in [-0.2, -0.15) is 0 Å². The van der Waals surface area contributed by atoms with E-state index in [4.69, 9.17) is 14.2 Å². The highest BCUT2D eigenvalue weighted by atomic mass is 32.2. The van der Waals surface area contributed by atoms with Gasteiger partial charge in [0.2, 0.25) is 10.0 Å². The molecule has 1 atom stereocenters. The number of nitro groups is 1. The van der Waals surface area contributed by atoms with Gasteiger partial charge in [0.1, 0.15) is 17.2 Å². The summed E-state index contributed by atoms with van der Waals surface area (Å²) in [6, 6.07) is 8.05. The van der Waals surface area contributed by atoms with Gasteiger partial charge < -0.3 is 19.5 Å². The maximum atomic E-state index is 12.5. The number of nitrogens with one attached hydrogen (secondary N) is 2. The van der Waals surface area contributed by atoms with Gasteiger partial charge in [-0.1, -0.05) is 0 Å². The van der Waals surface area contributed by atoms with Gasteiger partial charge in [-0.05, 0) is 31.2 Å². The first-order valence-electron chi connectivity index (χ1n) is 8.50. The van der Waals surface area contributed by atoms with Gasteiger partial charge in [-0.25, -0.2) is 13.1 Å². The molecule has 0 unspecified atom stereocenters. The number of benzene rings is 2. The van der Waals surface area contributed by atoms with Gasteiger partial charge in [0.25, 0.3) is 5.69 Å². The molecule has 0 amide bonds. The van der Waals surface area contributed by atoms with E-state index in [1.807, 2.05) is 0 Å². The number of rotatable bonds is 10. The number of sulfonamides is 1. The summed E-state index contributed by atoms with van der Waals surface area (Å²) >= 11 is 0. The first-order valence-corrected chi connectivity index (χ1v) is 9.99. The van der Waals surface area contributed by atoms with Crippen LogP contribution in [0.4, 0.5) is 17.1 Å². The maximum Gasteiger partial charge on any atom is 0.294 e. The number of hydrogen-bond acceptors (Lipinski definition) is 8. The number of anilines is 2. The molecule has 0 heterocycles. The molecule has 2 N–H and O–H groups in total.